The number of aromatic hydroxyl groups is 1. The van der Waals surface area contributed by atoms with Gasteiger partial charge in [-0.2, -0.15) is 0 Å². The molecule has 0 aliphatic rings. The van der Waals surface area contributed by atoms with Crippen molar-refractivity contribution in [3.63, 3.8) is 0 Å². The van der Waals surface area contributed by atoms with Crippen molar-refractivity contribution in [2.75, 3.05) is 7.11 Å². The van der Waals surface area contributed by atoms with Crippen LogP contribution in [0.15, 0.2) is 11.0 Å². The summed E-state index contributed by atoms with van der Waals surface area (Å²) in [5.41, 5.74) is -0.247. The molecule has 66 valence electrons. The molecule has 0 spiro atoms. The van der Waals surface area contributed by atoms with Crippen molar-refractivity contribution in [3.8, 4) is 5.75 Å². The third kappa shape index (κ3) is 1.60. The van der Waals surface area contributed by atoms with Gasteiger partial charge in [-0.1, -0.05) is 11.6 Å². The Hall–Kier alpha value is -1.00. The first kappa shape index (κ1) is 9.09. The van der Waals surface area contributed by atoms with E-state index in [1.54, 1.807) is 0 Å². The van der Waals surface area contributed by atoms with Crippen molar-refractivity contribution < 1.29 is 9.84 Å². The van der Waals surface area contributed by atoms with Crippen LogP contribution in [0.3, 0.4) is 0 Å². The Morgan fingerprint density at radius 2 is 2.42 bits per heavy atom. The fourth-order valence-electron chi connectivity index (χ4n) is 0.814. The van der Waals surface area contributed by atoms with Crippen LogP contribution in [-0.2, 0) is 11.3 Å². The number of H-pyrrole nitrogens is 1. The van der Waals surface area contributed by atoms with Crippen LogP contribution < -0.4 is 5.56 Å². The lowest BCUT2D eigenvalue weighted by Crippen LogP contribution is -2.12. The summed E-state index contributed by atoms with van der Waals surface area (Å²) in [5, 5.41) is 9.39. The second-order valence-corrected chi connectivity index (χ2v) is 2.63. The Kier molecular flexibility index (Phi) is 2.73. The molecule has 0 saturated carbocycles. The van der Waals surface area contributed by atoms with E-state index in [0.29, 0.717) is 0 Å². The van der Waals surface area contributed by atoms with Crippen molar-refractivity contribution >= 4 is 11.6 Å². The third-order valence-electron chi connectivity index (χ3n) is 1.40. The maximum atomic E-state index is 11.0. The molecule has 0 unspecified atom stereocenters. The van der Waals surface area contributed by atoms with Crippen molar-refractivity contribution in [2.45, 2.75) is 6.61 Å². The van der Waals surface area contributed by atoms with E-state index in [1.165, 1.54) is 13.3 Å². The Morgan fingerprint density at radius 1 is 1.75 bits per heavy atom. The smallest absolute Gasteiger partial charge is 0.257 e. The van der Waals surface area contributed by atoms with Gasteiger partial charge < -0.3 is 14.8 Å². The first-order valence-electron chi connectivity index (χ1n) is 3.24. The Balaban J connectivity index is 3.23. The van der Waals surface area contributed by atoms with E-state index in [9.17, 15) is 9.90 Å². The normalized spacial score (nSPS) is 10.2. The minimum Gasteiger partial charge on any atom is -0.506 e. The predicted molar refractivity (Wildman–Crippen MR) is 44.5 cm³/mol. The summed E-state index contributed by atoms with van der Waals surface area (Å²) in [6.07, 6.45) is 1.23. The molecule has 0 saturated heterocycles. The third-order valence-corrected chi connectivity index (χ3v) is 1.69. The van der Waals surface area contributed by atoms with E-state index < -0.39 is 5.56 Å². The highest BCUT2D eigenvalue weighted by atomic mass is 35.5. The molecule has 4 nitrogen and oxygen atoms in total. The summed E-state index contributed by atoms with van der Waals surface area (Å²) in [7, 11) is 1.43. The summed E-state index contributed by atoms with van der Waals surface area (Å²) in [6, 6.07) is 0. The fourth-order valence-corrected chi connectivity index (χ4v) is 0.983. The van der Waals surface area contributed by atoms with Gasteiger partial charge in [-0.3, -0.25) is 4.79 Å². The maximum absolute atomic E-state index is 11.0. The minimum absolute atomic E-state index is 0.0434. The highest BCUT2D eigenvalue weighted by Crippen LogP contribution is 2.23. The van der Waals surface area contributed by atoms with Gasteiger partial charge in [0.1, 0.15) is 5.75 Å². The number of aromatic nitrogens is 1. The summed E-state index contributed by atoms with van der Waals surface area (Å²) in [6.45, 7) is 0.0434. The molecule has 1 aromatic heterocycles. The molecular formula is C7H8ClNO3. The molecule has 0 atom stereocenters. The van der Waals surface area contributed by atoms with Crippen molar-refractivity contribution in [1.82, 2.24) is 4.98 Å². The Labute approximate surface area is 73.8 Å². The van der Waals surface area contributed by atoms with E-state index in [2.05, 4.69) is 4.98 Å². The average molecular weight is 190 g/mol. The van der Waals surface area contributed by atoms with Gasteiger partial charge in [0.25, 0.3) is 5.56 Å². The molecule has 0 aliphatic heterocycles. The number of pyridine rings is 1. The molecule has 0 amide bonds. The summed E-state index contributed by atoms with van der Waals surface area (Å²) < 4.78 is 4.71. The quantitative estimate of drug-likeness (QED) is 0.726. The zero-order valence-electron chi connectivity index (χ0n) is 6.43. The Morgan fingerprint density at radius 3 is 3.00 bits per heavy atom. The van der Waals surface area contributed by atoms with E-state index in [0.717, 1.165) is 0 Å². The zero-order chi connectivity index (χ0) is 9.14. The topological polar surface area (TPSA) is 62.3 Å². The highest BCUT2D eigenvalue weighted by molar-refractivity contribution is 6.31. The van der Waals surface area contributed by atoms with Crippen LogP contribution in [0.25, 0.3) is 0 Å². The Bertz CT molecular complexity index is 334. The lowest BCUT2D eigenvalue weighted by molar-refractivity contribution is 0.180. The molecule has 0 fully saturated rings. The predicted octanol–water partition coefficient (Wildman–Crippen LogP) is 0.880. The summed E-state index contributed by atoms with van der Waals surface area (Å²) >= 11 is 5.55. The number of hydrogen-bond donors (Lipinski definition) is 2. The second-order valence-electron chi connectivity index (χ2n) is 2.23. The van der Waals surface area contributed by atoms with Gasteiger partial charge in [0.2, 0.25) is 0 Å². The van der Waals surface area contributed by atoms with Crippen LogP contribution in [0.2, 0.25) is 5.02 Å². The highest BCUT2D eigenvalue weighted by Gasteiger charge is 2.09. The largest absolute Gasteiger partial charge is 0.506 e. The van der Waals surface area contributed by atoms with Gasteiger partial charge in [0.15, 0.2) is 0 Å². The van der Waals surface area contributed by atoms with Crippen LogP contribution in [0.4, 0.5) is 0 Å². The van der Waals surface area contributed by atoms with E-state index in [4.69, 9.17) is 16.3 Å². The molecule has 5 heteroatoms. The minimum atomic E-state index is -0.390. The number of ether oxygens (including phenoxy) is 1. The molecule has 0 bridgehead atoms. The van der Waals surface area contributed by atoms with Crippen LogP contribution in [-0.4, -0.2) is 17.2 Å². The average Bonchev–Trinajstić information content (AvgIpc) is 2.06. The first-order valence-corrected chi connectivity index (χ1v) is 3.62. The van der Waals surface area contributed by atoms with Crippen LogP contribution in [0.1, 0.15) is 5.56 Å². The van der Waals surface area contributed by atoms with Crippen molar-refractivity contribution in [2.24, 2.45) is 0 Å². The lowest BCUT2D eigenvalue weighted by Gasteiger charge is -2.02. The lowest BCUT2D eigenvalue weighted by atomic mass is 10.3. The molecule has 1 aromatic rings. The molecular weight excluding hydrogens is 182 g/mol. The number of nitrogens with one attached hydrogen (secondary N) is 1. The molecule has 1 heterocycles. The molecule has 0 aliphatic carbocycles. The maximum Gasteiger partial charge on any atom is 0.257 e. The van der Waals surface area contributed by atoms with Gasteiger partial charge in [0, 0.05) is 13.3 Å². The fraction of sp³-hybridized carbons (Fsp3) is 0.286. The molecule has 2 N–H and O–H groups in total. The van der Waals surface area contributed by atoms with Gasteiger partial charge >= 0.3 is 0 Å². The molecule has 12 heavy (non-hydrogen) atoms. The van der Waals surface area contributed by atoms with E-state index in [-0.39, 0.29) is 22.9 Å². The molecule has 1 rings (SSSR count). The zero-order valence-corrected chi connectivity index (χ0v) is 7.18. The molecule has 0 radical (unpaired) electrons. The number of rotatable bonds is 2. The molecule has 0 aromatic carbocycles. The standard InChI is InChI=1S/C7H8ClNO3/c1-12-3-4-6(10)5(8)2-9-7(4)11/h2H,3H2,1H3,(H2,9,10,11). The summed E-state index contributed by atoms with van der Waals surface area (Å²) in [4.78, 5) is 13.4. The SMILES string of the molecule is COCc1c(O)c(Cl)c[nH]c1=O. The van der Waals surface area contributed by atoms with Crippen molar-refractivity contribution in [1.29, 1.82) is 0 Å². The van der Waals surface area contributed by atoms with Crippen LogP contribution >= 0.6 is 11.6 Å². The number of aromatic amines is 1. The van der Waals surface area contributed by atoms with Gasteiger partial charge in [-0.25, -0.2) is 0 Å². The second kappa shape index (κ2) is 3.60. The first-order chi connectivity index (χ1) is 5.66. The van der Waals surface area contributed by atoms with Crippen LogP contribution in [0, 0.1) is 0 Å². The number of halogens is 1. The number of methoxy groups -OCH3 is 1. The van der Waals surface area contributed by atoms with Gasteiger partial charge in [-0.15, -0.1) is 0 Å². The van der Waals surface area contributed by atoms with Crippen molar-refractivity contribution in [3.05, 3.63) is 27.1 Å². The van der Waals surface area contributed by atoms with E-state index >= 15 is 0 Å². The summed E-state index contributed by atoms with van der Waals surface area (Å²) in [5.74, 6) is -0.220. The van der Waals surface area contributed by atoms with Crippen LogP contribution in [0.5, 0.6) is 5.75 Å². The van der Waals surface area contributed by atoms with E-state index in [1.807, 2.05) is 0 Å². The monoisotopic (exact) mass is 189 g/mol. The van der Waals surface area contributed by atoms with Gasteiger partial charge in [0.05, 0.1) is 17.2 Å². The van der Waals surface area contributed by atoms with Gasteiger partial charge in [-0.05, 0) is 0 Å². The number of hydrogen-bond acceptors (Lipinski definition) is 3.